The van der Waals surface area contributed by atoms with E-state index in [1.165, 1.54) is 12.4 Å². The third kappa shape index (κ3) is 2.96. The van der Waals surface area contributed by atoms with Crippen LogP contribution in [0.3, 0.4) is 0 Å². The van der Waals surface area contributed by atoms with Crippen molar-refractivity contribution in [3.8, 4) is 0 Å². The van der Waals surface area contributed by atoms with E-state index in [1.807, 2.05) is 0 Å². The number of rotatable bonds is 5. The van der Waals surface area contributed by atoms with Crippen LogP contribution in [0.25, 0.3) is 0 Å². The number of anilines is 1. The zero-order valence-corrected chi connectivity index (χ0v) is 11.0. The first-order chi connectivity index (χ1) is 10.0. The quantitative estimate of drug-likeness (QED) is 0.278. The molecule has 0 aromatic carbocycles. The van der Waals surface area contributed by atoms with Crippen molar-refractivity contribution in [2.75, 3.05) is 4.90 Å². The van der Waals surface area contributed by atoms with E-state index in [9.17, 15) is 14.7 Å². The Morgan fingerprint density at radius 3 is 2.81 bits per heavy atom. The van der Waals surface area contributed by atoms with Crippen molar-refractivity contribution in [2.24, 2.45) is 27.6 Å². The van der Waals surface area contributed by atoms with Crippen molar-refractivity contribution in [2.45, 2.75) is 12.5 Å². The largest absolute Gasteiger partial charge is 0.480 e. The number of pyridine rings is 1. The van der Waals surface area contributed by atoms with Crippen LogP contribution < -0.4 is 16.4 Å². The van der Waals surface area contributed by atoms with Crippen LogP contribution >= 0.6 is 0 Å². The minimum Gasteiger partial charge on any atom is -0.480 e. The van der Waals surface area contributed by atoms with E-state index in [2.05, 4.69) is 15.2 Å². The molecule has 0 spiro atoms. The van der Waals surface area contributed by atoms with Gasteiger partial charge in [0.05, 0.1) is 5.92 Å². The van der Waals surface area contributed by atoms with Crippen LogP contribution in [0.15, 0.2) is 34.6 Å². The maximum atomic E-state index is 12.1. The summed E-state index contributed by atoms with van der Waals surface area (Å²) in [5, 5.41) is 16.2. The Morgan fingerprint density at radius 1 is 1.48 bits per heavy atom. The molecule has 9 heteroatoms. The minimum absolute atomic E-state index is 0.135. The second-order valence-corrected chi connectivity index (χ2v) is 4.34. The molecule has 110 valence electrons. The lowest BCUT2D eigenvalue weighted by Gasteiger charge is -2.43. The molecule has 0 radical (unpaired) electrons. The molecule has 2 rings (SSSR count). The molecule has 1 aromatic rings. The van der Waals surface area contributed by atoms with Crippen LogP contribution in [0.5, 0.6) is 0 Å². The van der Waals surface area contributed by atoms with Crippen LogP contribution in [0.4, 0.5) is 5.82 Å². The molecule has 0 aliphatic carbocycles. The van der Waals surface area contributed by atoms with Crippen LogP contribution in [-0.2, 0) is 9.59 Å². The molecule has 1 fully saturated rings. The minimum atomic E-state index is -1.10. The number of aliphatic carboxylic acids is 1. The molecule has 1 aliphatic heterocycles. The van der Waals surface area contributed by atoms with E-state index in [1.54, 1.807) is 18.2 Å². The highest BCUT2D eigenvalue weighted by atomic mass is 16.4. The fourth-order valence-corrected chi connectivity index (χ4v) is 2.08. The topological polar surface area (TPSA) is 147 Å². The number of aromatic nitrogens is 1. The summed E-state index contributed by atoms with van der Waals surface area (Å²) in [6.45, 7) is 0. The van der Waals surface area contributed by atoms with Gasteiger partial charge in [-0.2, -0.15) is 5.10 Å². The maximum Gasteiger partial charge on any atom is 0.327 e. The van der Waals surface area contributed by atoms with Crippen LogP contribution in [-0.4, -0.2) is 40.2 Å². The van der Waals surface area contributed by atoms with Gasteiger partial charge in [-0.05, 0) is 18.6 Å². The molecule has 1 aromatic heterocycles. The van der Waals surface area contributed by atoms with Crippen molar-refractivity contribution < 1.29 is 14.7 Å². The highest BCUT2D eigenvalue weighted by Crippen LogP contribution is 2.33. The molecule has 2 heterocycles. The summed E-state index contributed by atoms with van der Waals surface area (Å²) in [7, 11) is 0. The molecule has 2 atom stereocenters. The Kier molecular flexibility index (Phi) is 4.12. The molecular weight excluding hydrogens is 276 g/mol. The molecule has 1 amide bonds. The van der Waals surface area contributed by atoms with Gasteiger partial charge in [-0.25, -0.2) is 9.78 Å². The first kappa shape index (κ1) is 14.4. The van der Waals surface area contributed by atoms with Gasteiger partial charge in [0.25, 0.3) is 0 Å². The Labute approximate surface area is 120 Å². The van der Waals surface area contributed by atoms with Gasteiger partial charge in [-0.1, -0.05) is 6.07 Å². The number of carbonyl (C=O) groups excluding carboxylic acids is 1. The standard InChI is InChI=1S/C12H14N6O3/c13-12(14)17-16-6-4-7-9(11(20)21)18(10(7)19)8-3-1-2-5-15-8/h1-3,5-7,9H,4H2,(H,20,21)(H4,13,14,17)/b16-6+/t7-,9+/m1/s1. The molecule has 1 saturated heterocycles. The number of nitrogens with zero attached hydrogens (tertiary/aromatic N) is 4. The zero-order valence-electron chi connectivity index (χ0n) is 11.0. The molecule has 5 N–H and O–H groups in total. The summed E-state index contributed by atoms with van der Waals surface area (Å²) in [5.74, 6) is -2.02. The lowest BCUT2D eigenvalue weighted by molar-refractivity contribution is -0.149. The van der Waals surface area contributed by atoms with Crippen molar-refractivity contribution in [3.05, 3.63) is 24.4 Å². The van der Waals surface area contributed by atoms with Gasteiger partial charge >= 0.3 is 5.97 Å². The average Bonchev–Trinajstić information content (AvgIpc) is 2.44. The van der Waals surface area contributed by atoms with Crippen molar-refractivity contribution in [1.29, 1.82) is 0 Å². The second-order valence-electron chi connectivity index (χ2n) is 4.34. The maximum absolute atomic E-state index is 12.1. The summed E-state index contributed by atoms with van der Waals surface area (Å²) < 4.78 is 0. The van der Waals surface area contributed by atoms with Gasteiger partial charge in [-0.3, -0.25) is 9.69 Å². The first-order valence-corrected chi connectivity index (χ1v) is 6.09. The van der Waals surface area contributed by atoms with Gasteiger partial charge < -0.3 is 16.6 Å². The van der Waals surface area contributed by atoms with Crippen LogP contribution in [0.2, 0.25) is 0 Å². The number of carbonyl (C=O) groups is 2. The van der Waals surface area contributed by atoms with Gasteiger partial charge in [0.1, 0.15) is 11.9 Å². The number of carboxylic acids is 1. The van der Waals surface area contributed by atoms with Gasteiger partial charge in [0, 0.05) is 12.4 Å². The van der Waals surface area contributed by atoms with Crippen LogP contribution in [0.1, 0.15) is 6.42 Å². The van der Waals surface area contributed by atoms with E-state index in [4.69, 9.17) is 11.5 Å². The smallest absolute Gasteiger partial charge is 0.327 e. The third-order valence-electron chi connectivity index (χ3n) is 2.98. The lowest BCUT2D eigenvalue weighted by atomic mass is 9.85. The summed E-state index contributed by atoms with van der Waals surface area (Å²) >= 11 is 0. The normalized spacial score (nSPS) is 21.1. The molecule has 1 aliphatic rings. The summed E-state index contributed by atoms with van der Waals surface area (Å²) in [6.07, 6.45) is 2.94. The van der Waals surface area contributed by atoms with E-state index in [0.29, 0.717) is 5.82 Å². The van der Waals surface area contributed by atoms with Crippen molar-refractivity contribution in [3.63, 3.8) is 0 Å². The van der Waals surface area contributed by atoms with E-state index >= 15 is 0 Å². The Hall–Kier alpha value is -2.97. The fourth-order valence-electron chi connectivity index (χ4n) is 2.08. The Bertz CT molecular complexity index is 596. The first-order valence-electron chi connectivity index (χ1n) is 6.09. The molecule has 0 bridgehead atoms. The van der Waals surface area contributed by atoms with Gasteiger partial charge in [0.15, 0.2) is 0 Å². The monoisotopic (exact) mass is 290 g/mol. The highest BCUT2D eigenvalue weighted by Gasteiger charge is 2.52. The number of guanidine groups is 1. The van der Waals surface area contributed by atoms with E-state index in [0.717, 1.165) is 4.90 Å². The SMILES string of the molecule is NC(N)=N/N=C/C[C@H]1C(=O)N(c2ccccn2)[C@@H]1C(=O)O. The van der Waals surface area contributed by atoms with E-state index < -0.39 is 17.9 Å². The number of nitrogens with two attached hydrogens (primary N) is 2. The number of carboxylic acid groups (broad SMARTS) is 1. The molecular formula is C12H14N6O3. The predicted molar refractivity (Wildman–Crippen MR) is 75.6 cm³/mol. The third-order valence-corrected chi connectivity index (χ3v) is 2.98. The summed E-state index contributed by atoms with van der Waals surface area (Å²) in [5.41, 5.74) is 10.2. The Morgan fingerprint density at radius 2 is 2.24 bits per heavy atom. The number of hydrogen-bond acceptors (Lipinski definition) is 5. The predicted octanol–water partition coefficient (Wildman–Crippen LogP) is -0.853. The van der Waals surface area contributed by atoms with Gasteiger partial charge in [-0.15, -0.1) is 5.10 Å². The zero-order chi connectivity index (χ0) is 15.4. The highest BCUT2D eigenvalue weighted by molar-refractivity contribution is 6.10. The lowest BCUT2D eigenvalue weighted by Crippen LogP contribution is -2.65. The second kappa shape index (κ2) is 5.99. The fraction of sp³-hybridized carbons (Fsp3) is 0.250. The number of β-lactam (4-membered cyclic amide) rings is 1. The average molecular weight is 290 g/mol. The van der Waals surface area contributed by atoms with Gasteiger partial charge in [0.2, 0.25) is 11.9 Å². The molecule has 9 nitrogen and oxygen atoms in total. The number of hydrogen-bond donors (Lipinski definition) is 3. The molecule has 0 unspecified atom stereocenters. The molecule has 21 heavy (non-hydrogen) atoms. The van der Waals surface area contributed by atoms with Crippen LogP contribution in [0, 0.1) is 5.92 Å². The number of amides is 1. The van der Waals surface area contributed by atoms with Crippen molar-refractivity contribution in [1.82, 2.24) is 4.98 Å². The molecule has 0 saturated carbocycles. The van der Waals surface area contributed by atoms with Crippen molar-refractivity contribution >= 4 is 29.9 Å². The summed E-state index contributed by atoms with van der Waals surface area (Å²) in [4.78, 5) is 28.6. The van der Waals surface area contributed by atoms with E-state index in [-0.39, 0.29) is 18.3 Å². The Balaban J connectivity index is 2.11. The summed E-state index contributed by atoms with van der Waals surface area (Å²) in [6, 6.07) is 3.97.